The van der Waals surface area contributed by atoms with Gasteiger partial charge in [0.15, 0.2) is 17.2 Å². The van der Waals surface area contributed by atoms with Crippen LogP contribution in [0.5, 0.6) is 0 Å². The van der Waals surface area contributed by atoms with Crippen molar-refractivity contribution in [3.63, 3.8) is 0 Å². The summed E-state index contributed by atoms with van der Waals surface area (Å²) in [5.74, 6) is 1.67. The van der Waals surface area contributed by atoms with Gasteiger partial charge >= 0.3 is 0 Å². The van der Waals surface area contributed by atoms with Crippen LogP contribution in [0.2, 0.25) is 0 Å². The predicted octanol–water partition coefficient (Wildman–Crippen LogP) is 14.6. The van der Waals surface area contributed by atoms with Crippen LogP contribution in [0.25, 0.3) is 122 Å². The largest absolute Gasteiger partial charge is 0.454 e. The summed E-state index contributed by atoms with van der Waals surface area (Å²) >= 11 is 0. The van der Waals surface area contributed by atoms with E-state index in [0.717, 1.165) is 93.5 Å². The van der Waals surface area contributed by atoms with E-state index in [1.807, 2.05) is 18.2 Å². The van der Waals surface area contributed by atoms with Gasteiger partial charge in [0.25, 0.3) is 0 Å². The van der Waals surface area contributed by atoms with Crippen molar-refractivity contribution in [2.24, 2.45) is 0 Å². The summed E-state index contributed by atoms with van der Waals surface area (Å²) in [4.78, 5) is 16.2. The first-order chi connectivity index (χ1) is 31.2. The van der Waals surface area contributed by atoms with Crippen molar-refractivity contribution < 1.29 is 4.42 Å². The van der Waals surface area contributed by atoms with Gasteiger partial charge in [-0.1, -0.05) is 170 Å². The molecule has 13 rings (SSSR count). The third-order valence-electron chi connectivity index (χ3n) is 12.4. The molecule has 0 amide bonds. The maximum Gasteiger partial charge on any atom is 0.238 e. The van der Waals surface area contributed by atoms with Crippen molar-refractivity contribution in [3.05, 3.63) is 212 Å². The van der Waals surface area contributed by atoms with Crippen molar-refractivity contribution in [2.75, 3.05) is 0 Å². The smallest absolute Gasteiger partial charge is 0.238 e. The van der Waals surface area contributed by atoms with E-state index in [9.17, 15) is 0 Å². The van der Waals surface area contributed by atoms with E-state index >= 15 is 0 Å². The summed E-state index contributed by atoms with van der Waals surface area (Å²) in [6.07, 6.45) is 0. The molecule has 0 saturated carbocycles. The Hall–Kier alpha value is -8.61. The number of aromatic nitrogens is 5. The van der Waals surface area contributed by atoms with Gasteiger partial charge in [0.05, 0.1) is 16.6 Å². The fraction of sp³-hybridized carbons (Fsp3) is 0. The standard InChI is InChI=1S/C57H35N5O/c1-3-14-36(15-4-1)37-26-28-38(29-27-37)39-30-32-40(33-31-39)55-58-56(47-21-13-24-50-52(47)46-20-8-11-23-49(46)61(50)41-16-5-2-6-17-41)60-57(59-55)62-48-22-10-7-18-42(48)44-34-35-45-43-19-9-12-25-51(43)63-54(45)53(44)62/h1-35H. The number of benzene rings is 9. The molecule has 0 aliphatic carbocycles. The van der Waals surface area contributed by atoms with Crippen LogP contribution < -0.4 is 0 Å². The number of para-hydroxylation sites is 4. The van der Waals surface area contributed by atoms with Crippen LogP contribution in [0.15, 0.2) is 217 Å². The van der Waals surface area contributed by atoms with Gasteiger partial charge in [-0.25, -0.2) is 4.98 Å². The number of rotatable bonds is 6. The van der Waals surface area contributed by atoms with Gasteiger partial charge in [-0.05, 0) is 64.7 Å². The van der Waals surface area contributed by atoms with E-state index in [0.29, 0.717) is 17.6 Å². The second-order valence-corrected chi connectivity index (χ2v) is 16.0. The van der Waals surface area contributed by atoms with E-state index in [1.54, 1.807) is 0 Å². The molecule has 0 radical (unpaired) electrons. The molecular weight excluding hydrogens is 771 g/mol. The molecule has 0 fully saturated rings. The van der Waals surface area contributed by atoms with E-state index in [1.165, 1.54) is 11.1 Å². The molecule has 6 heteroatoms. The van der Waals surface area contributed by atoms with Crippen molar-refractivity contribution in [1.82, 2.24) is 24.1 Å². The molecule has 294 valence electrons. The average molecular weight is 806 g/mol. The maximum atomic E-state index is 6.73. The first-order valence-electron chi connectivity index (χ1n) is 21.2. The zero-order valence-corrected chi connectivity index (χ0v) is 33.9. The molecule has 13 aromatic rings. The Morgan fingerprint density at radius 2 is 0.873 bits per heavy atom. The number of furan rings is 1. The zero-order chi connectivity index (χ0) is 41.4. The molecule has 9 aromatic carbocycles. The molecule has 4 heterocycles. The monoisotopic (exact) mass is 805 g/mol. The highest BCUT2D eigenvalue weighted by molar-refractivity contribution is 6.21. The van der Waals surface area contributed by atoms with Crippen LogP contribution in [-0.2, 0) is 0 Å². The Morgan fingerprint density at radius 1 is 0.333 bits per heavy atom. The molecular formula is C57H35N5O. The summed E-state index contributed by atoms with van der Waals surface area (Å²) in [5, 5.41) is 6.47. The Balaban J connectivity index is 1.06. The van der Waals surface area contributed by atoms with Gasteiger partial charge in [0.2, 0.25) is 5.95 Å². The molecule has 6 nitrogen and oxygen atoms in total. The topological polar surface area (TPSA) is 61.7 Å². The van der Waals surface area contributed by atoms with E-state index in [2.05, 4.69) is 203 Å². The van der Waals surface area contributed by atoms with Crippen LogP contribution in [0.1, 0.15) is 0 Å². The van der Waals surface area contributed by atoms with Gasteiger partial charge in [-0.2, -0.15) is 9.97 Å². The normalized spacial score (nSPS) is 11.8. The number of nitrogens with zero attached hydrogens (tertiary/aromatic N) is 5. The molecule has 0 bridgehead atoms. The molecule has 0 unspecified atom stereocenters. The highest BCUT2D eigenvalue weighted by Crippen LogP contribution is 2.42. The summed E-state index contributed by atoms with van der Waals surface area (Å²) < 4.78 is 11.2. The maximum absolute atomic E-state index is 6.73. The Bertz CT molecular complexity index is 3880. The first-order valence-corrected chi connectivity index (χ1v) is 21.2. The Labute approximate surface area is 361 Å². The van der Waals surface area contributed by atoms with Gasteiger partial charge in [-0.3, -0.25) is 4.57 Å². The lowest BCUT2D eigenvalue weighted by Crippen LogP contribution is -2.06. The summed E-state index contributed by atoms with van der Waals surface area (Å²) in [5.41, 5.74) is 13.3. The van der Waals surface area contributed by atoms with E-state index < -0.39 is 0 Å². The first kappa shape index (κ1) is 35.2. The lowest BCUT2D eigenvalue weighted by molar-refractivity contribution is 0.670. The van der Waals surface area contributed by atoms with Crippen molar-refractivity contribution >= 4 is 65.6 Å². The van der Waals surface area contributed by atoms with E-state index in [4.69, 9.17) is 19.4 Å². The molecule has 0 spiro atoms. The molecule has 0 saturated heterocycles. The van der Waals surface area contributed by atoms with Gasteiger partial charge in [-0.15, -0.1) is 0 Å². The summed E-state index contributed by atoms with van der Waals surface area (Å²) in [6.45, 7) is 0. The van der Waals surface area contributed by atoms with Crippen molar-refractivity contribution in [1.29, 1.82) is 0 Å². The quantitative estimate of drug-likeness (QED) is 0.168. The summed E-state index contributed by atoms with van der Waals surface area (Å²) in [7, 11) is 0. The predicted molar refractivity (Wildman–Crippen MR) is 258 cm³/mol. The van der Waals surface area contributed by atoms with Crippen molar-refractivity contribution in [2.45, 2.75) is 0 Å². The lowest BCUT2D eigenvalue weighted by Gasteiger charge is -2.12. The fourth-order valence-corrected chi connectivity index (χ4v) is 9.51. The molecule has 4 aromatic heterocycles. The lowest BCUT2D eigenvalue weighted by atomic mass is 9.99. The number of hydrogen-bond acceptors (Lipinski definition) is 4. The minimum Gasteiger partial charge on any atom is -0.454 e. The van der Waals surface area contributed by atoms with Crippen LogP contribution >= 0.6 is 0 Å². The molecule has 0 aliphatic heterocycles. The third kappa shape index (κ3) is 5.55. The molecule has 0 aliphatic rings. The van der Waals surface area contributed by atoms with Crippen LogP contribution in [0.4, 0.5) is 0 Å². The van der Waals surface area contributed by atoms with Gasteiger partial charge < -0.3 is 8.98 Å². The second kappa shape index (κ2) is 14.0. The third-order valence-corrected chi connectivity index (χ3v) is 12.4. The highest BCUT2D eigenvalue weighted by atomic mass is 16.3. The summed E-state index contributed by atoms with van der Waals surface area (Å²) in [6, 6.07) is 74.3. The van der Waals surface area contributed by atoms with Crippen molar-refractivity contribution in [3.8, 4) is 56.7 Å². The number of fused-ring (bicyclic) bond motifs is 10. The average Bonchev–Trinajstić information content (AvgIpc) is 4.03. The SMILES string of the molecule is c1ccc(-c2ccc(-c3ccc(-c4nc(-c5cccc6c5c5ccccc5n6-c5ccccc5)nc(-n5c6ccccc6c6ccc7c8ccccc8oc7c65)n4)cc3)cc2)cc1. The minimum atomic E-state index is 0.513. The van der Waals surface area contributed by atoms with E-state index in [-0.39, 0.29) is 0 Å². The van der Waals surface area contributed by atoms with Gasteiger partial charge in [0, 0.05) is 49.1 Å². The van der Waals surface area contributed by atoms with Crippen LogP contribution in [0.3, 0.4) is 0 Å². The highest BCUT2D eigenvalue weighted by Gasteiger charge is 2.24. The van der Waals surface area contributed by atoms with Crippen LogP contribution in [-0.4, -0.2) is 24.1 Å². The Kier molecular flexibility index (Phi) is 7.80. The fourth-order valence-electron chi connectivity index (χ4n) is 9.51. The molecule has 0 N–H and O–H groups in total. The minimum absolute atomic E-state index is 0.513. The molecule has 0 atom stereocenters. The Morgan fingerprint density at radius 3 is 1.60 bits per heavy atom. The molecule has 63 heavy (non-hydrogen) atoms. The number of hydrogen-bond donors (Lipinski definition) is 0. The van der Waals surface area contributed by atoms with Crippen LogP contribution in [0, 0.1) is 0 Å². The zero-order valence-electron chi connectivity index (χ0n) is 33.9. The van der Waals surface area contributed by atoms with Gasteiger partial charge in [0.1, 0.15) is 11.1 Å². The second-order valence-electron chi connectivity index (χ2n) is 16.0.